The minimum absolute atomic E-state index is 0.000437. The lowest BCUT2D eigenvalue weighted by atomic mass is 10.2. The fraction of sp³-hybridized carbons (Fsp3) is 0.333. The van der Waals surface area contributed by atoms with Gasteiger partial charge >= 0.3 is 5.97 Å². The van der Waals surface area contributed by atoms with Gasteiger partial charge in [-0.15, -0.1) is 0 Å². The number of carbonyl (C=O) groups is 2. The monoisotopic (exact) mass is 391 g/mol. The molecule has 0 unspecified atom stereocenters. The molecule has 2 N–H and O–H groups in total. The number of hydrogen-bond donors (Lipinski definition) is 2. The molecule has 0 heterocycles. The number of benzene rings is 1. The van der Waals surface area contributed by atoms with Gasteiger partial charge in [-0.25, -0.2) is 4.79 Å². The van der Waals surface area contributed by atoms with Crippen LogP contribution in [-0.4, -0.2) is 29.6 Å². The molecule has 1 aliphatic carbocycles. The van der Waals surface area contributed by atoms with E-state index in [9.17, 15) is 14.7 Å². The Morgan fingerprint density at radius 3 is 2.68 bits per heavy atom. The van der Waals surface area contributed by atoms with E-state index < -0.39 is 5.97 Å². The predicted molar refractivity (Wildman–Crippen MR) is 75.0 cm³/mol. The summed E-state index contributed by atoms with van der Waals surface area (Å²) in [6.45, 7) is -0.348. The number of carbonyl (C=O) groups excluding carboxylic acids is 2. The summed E-state index contributed by atoms with van der Waals surface area (Å²) in [6.07, 6.45) is 1.94. The predicted octanol–water partition coefficient (Wildman–Crippen LogP) is 2.35. The molecule has 1 saturated carbocycles. The lowest BCUT2D eigenvalue weighted by Crippen LogP contribution is -2.30. The minimum atomic E-state index is -0.745. The van der Waals surface area contributed by atoms with Gasteiger partial charge in [0, 0.05) is 10.5 Å². The number of aromatic hydroxyl groups is 1. The zero-order chi connectivity index (χ0) is 14.0. The highest BCUT2D eigenvalue weighted by Crippen LogP contribution is 2.32. The van der Waals surface area contributed by atoms with Crippen molar-refractivity contribution >= 4 is 43.7 Å². The van der Waals surface area contributed by atoms with Crippen molar-refractivity contribution in [3.8, 4) is 5.75 Å². The van der Waals surface area contributed by atoms with E-state index in [1.54, 1.807) is 6.07 Å². The molecular formula is C12H11Br2NO4. The van der Waals surface area contributed by atoms with Gasteiger partial charge in [0.25, 0.3) is 5.91 Å². The van der Waals surface area contributed by atoms with Crippen LogP contribution in [0.3, 0.4) is 0 Å². The summed E-state index contributed by atoms with van der Waals surface area (Å²) in [5, 5.41) is 12.4. The molecule has 0 aromatic heterocycles. The summed E-state index contributed by atoms with van der Waals surface area (Å²) in [5.74, 6) is -1.29. The van der Waals surface area contributed by atoms with Crippen molar-refractivity contribution < 1.29 is 19.4 Å². The highest BCUT2D eigenvalue weighted by Gasteiger charge is 2.24. The Bertz CT molecular complexity index is 529. The summed E-state index contributed by atoms with van der Waals surface area (Å²) < 4.78 is 5.85. The summed E-state index contributed by atoms with van der Waals surface area (Å²) in [4.78, 5) is 23.2. The van der Waals surface area contributed by atoms with Crippen molar-refractivity contribution in [1.82, 2.24) is 5.32 Å². The number of nitrogens with one attached hydrogen (secondary N) is 1. The van der Waals surface area contributed by atoms with Crippen molar-refractivity contribution in [3.63, 3.8) is 0 Å². The number of esters is 1. The van der Waals surface area contributed by atoms with Gasteiger partial charge in [0.1, 0.15) is 11.3 Å². The Kier molecular flexibility index (Phi) is 4.46. The van der Waals surface area contributed by atoms with Crippen LogP contribution in [0.15, 0.2) is 21.1 Å². The van der Waals surface area contributed by atoms with E-state index in [2.05, 4.69) is 37.2 Å². The van der Waals surface area contributed by atoms with Gasteiger partial charge in [-0.05, 0) is 40.9 Å². The number of ether oxygens (including phenoxy) is 1. The summed E-state index contributed by atoms with van der Waals surface area (Å²) in [7, 11) is 0. The van der Waals surface area contributed by atoms with Crippen LogP contribution in [0.2, 0.25) is 0 Å². The van der Waals surface area contributed by atoms with E-state index in [0.717, 1.165) is 12.8 Å². The van der Waals surface area contributed by atoms with E-state index in [4.69, 9.17) is 4.74 Å². The summed E-state index contributed by atoms with van der Waals surface area (Å²) in [5.41, 5.74) is 0.000437. The van der Waals surface area contributed by atoms with E-state index in [1.165, 1.54) is 6.07 Å². The fourth-order valence-corrected chi connectivity index (χ4v) is 2.65. The molecule has 0 radical (unpaired) electrons. The summed E-state index contributed by atoms with van der Waals surface area (Å²) in [6, 6.07) is 3.26. The molecule has 5 nitrogen and oxygen atoms in total. The van der Waals surface area contributed by atoms with E-state index in [-0.39, 0.29) is 29.9 Å². The number of phenolic OH excluding ortho intramolecular Hbond substituents is 1. The molecule has 0 atom stereocenters. The Morgan fingerprint density at radius 1 is 1.37 bits per heavy atom. The van der Waals surface area contributed by atoms with Crippen LogP contribution in [-0.2, 0) is 9.53 Å². The molecule has 1 aliphatic rings. The van der Waals surface area contributed by atoms with Crippen molar-refractivity contribution in [2.45, 2.75) is 18.9 Å². The zero-order valence-electron chi connectivity index (χ0n) is 9.78. The number of phenols is 1. The number of hydrogen-bond acceptors (Lipinski definition) is 4. The maximum Gasteiger partial charge on any atom is 0.342 e. The minimum Gasteiger partial charge on any atom is -0.506 e. The van der Waals surface area contributed by atoms with Crippen LogP contribution in [0.5, 0.6) is 5.75 Å². The van der Waals surface area contributed by atoms with Crippen molar-refractivity contribution in [3.05, 3.63) is 26.6 Å². The highest BCUT2D eigenvalue weighted by molar-refractivity contribution is 9.11. The number of rotatable bonds is 4. The maximum absolute atomic E-state index is 11.8. The molecule has 2 rings (SSSR count). The average molecular weight is 393 g/mol. The van der Waals surface area contributed by atoms with E-state index in [1.807, 2.05) is 0 Å². The van der Waals surface area contributed by atoms with Gasteiger partial charge in [-0.2, -0.15) is 0 Å². The third-order valence-electron chi connectivity index (χ3n) is 2.52. The first kappa shape index (κ1) is 14.3. The first-order valence-corrected chi connectivity index (χ1v) is 7.20. The van der Waals surface area contributed by atoms with Crippen LogP contribution in [0, 0.1) is 0 Å². The smallest absolute Gasteiger partial charge is 0.342 e. The highest BCUT2D eigenvalue weighted by atomic mass is 79.9. The van der Waals surface area contributed by atoms with Crippen LogP contribution in [0.4, 0.5) is 0 Å². The van der Waals surface area contributed by atoms with Crippen molar-refractivity contribution in [1.29, 1.82) is 0 Å². The van der Waals surface area contributed by atoms with Gasteiger partial charge in [-0.3, -0.25) is 4.79 Å². The molecular weight excluding hydrogens is 382 g/mol. The Labute approximate surface area is 126 Å². The lowest BCUT2D eigenvalue weighted by molar-refractivity contribution is -0.124. The van der Waals surface area contributed by atoms with Crippen LogP contribution in [0.25, 0.3) is 0 Å². The molecule has 0 saturated heterocycles. The molecule has 1 aromatic carbocycles. The second-order valence-corrected chi connectivity index (χ2v) is 5.97. The van der Waals surface area contributed by atoms with Crippen LogP contribution < -0.4 is 5.32 Å². The molecule has 7 heteroatoms. The molecule has 0 bridgehead atoms. The maximum atomic E-state index is 11.8. The lowest BCUT2D eigenvalue weighted by Gasteiger charge is -2.08. The first-order valence-electron chi connectivity index (χ1n) is 5.62. The van der Waals surface area contributed by atoms with E-state index in [0.29, 0.717) is 8.95 Å². The normalized spacial score (nSPS) is 14.0. The standard InChI is InChI=1S/C12H11Br2NO4/c13-6-3-8(11(17)9(14)4-6)12(18)19-5-10(16)15-7-1-2-7/h3-4,7,17H,1-2,5H2,(H,15,16). The van der Waals surface area contributed by atoms with Gasteiger partial charge in [0.05, 0.1) is 4.47 Å². The molecule has 1 fully saturated rings. The molecule has 1 aromatic rings. The number of amides is 1. The Balaban J connectivity index is 1.97. The topological polar surface area (TPSA) is 75.6 Å². The molecule has 0 aliphatic heterocycles. The van der Waals surface area contributed by atoms with Gasteiger partial charge in [-0.1, -0.05) is 15.9 Å². The third-order valence-corrected chi connectivity index (χ3v) is 3.59. The summed E-state index contributed by atoms with van der Waals surface area (Å²) >= 11 is 6.33. The SMILES string of the molecule is O=C(COC(=O)c1cc(Br)cc(Br)c1O)NC1CC1. The van der Waals surface area contributed by atoms with Gasteiger partial charge in [0.15, 0.2) is 6.61 Å². The number of halogens is 2. The van der Waals surface area contributed by atoms with Crippen LogP contribution >= 0.6 is 31.9 Å². The average Bonchev–Trinajstić information content (AvgIpc) is 3.14. The van der Waals surface area contributed by atoms with Crippen LogP contribution in [0.1, 0.15) is 23.2 Å². The Hall–Kier alpha value is -1.08. The molecule has 102 valence electrons. The molecule has 0 spiro atoms. The zero-order valence-corrected chi connectivity index (χ0v) is 13.0. The fourth-order valence-electron chi connectivity index (χ4n) is 1.43. The van der Waals surface area contributed by atoms with Gasteiger partial charge < -0.3 is 15.2 Å². The molecule has 1 amide bonds. The van der Waals surface area contributed by atoms with Crippen molar-refractivity contribution in [2.24, 2.45) is 0 Å². The van der Waals surface area contributed by atoms with Gasteiger partial charge in [0.2, 0.25) is 0 Å². The van der Waals surface area contributed by atoms with Crippen molar-refractivity contribution in [2.75, 3.05) is 6.61 Å². The largest absolute Gasteiger partial charge is 0.506 e. The second kappa shape index (κ2) is 5.92. The quantitative estimate of drug-likeness (QED) is 0.771. The van der Waals surface area contributed by atoms with E-state index >= 15 is 0 Å². The second-order valence-electron chi connectivity index (χ2n) is 4.20. The molecule has 19 heavy (non-hydrogen) atoms. The third kappa shape index (κ3) is 3.94. The first-order chi connectivity index (χ1) is 8.97. The Morgan fingerprint density at radius 2 is 2.05 bits per heavy atom.